The molecule has 27 heavy (non-hydrogen) atoms. The number of rotatable bonds is 8. The summed E-state index contributed by atoms with van der Waals surface area (Å²) in [6.45, 7) is 9.50. The zero-order valence-electron chi connectivity index (χ0n) is 16.7. The number of carbonyl (C=O) groups excluding carboxylic acids is 1. The lowest BCUT2D eigenvalue weighted by Gasteiger charge is -2.33. The predicted molar refractivity (Wildman–Crippen MR) is 109 cm³/mol. The molecule has 5 heteroatoms. The Morgan fingerprint density at radius 2 is 1.48 bits per heavy atom. The molecule has 0 N–H and O–H groups in total. The van der Waals surface area contributed by atoms with Gasteiger partial charge in [0.15, 0.2) is 5.78 Å². The summed E-state index contributed by atoms with van der Waals surface area (Å²) in [5.41, 5.74) is 1.85. The number of sulfonamides is 1. The molecule has 2 rings (SSSR count). The Balaban J connectivity index is 2.57. The van der Waals surface area contributed by atoms with E-state index in [2.05, 4.69) is 0 Å². The van der Waals surface area contributed by atoms with E-state index in [4.69, 9.17) is 0 Å². The maximum absolute atomic E-state index is 13.5. The fourth-order valence-electron chi connectivity index (χ4n) is 3.09. The van der Waals surface area contributed by atoms with E-state index in [0.717, 1.165) is 11.1 Å². The lowest BCUT2D eigenvalue weighted by molar-refractivity contribution is -0.127. The monoisotopic (exact) mass is 387 g/mol. The lowest BCUT2D eigenvalue weighted by atomic mass is 9.93. The predicted octanol–water partition coefficient (Wildman–Crippen LogP) is 4.44. The average Bonchev–Trinajstić information content (AvgIpc) is 2.62. The van der Waals surface area contributed by atoms with Crippen LogP contribution in [-0.2, 0) is 21.4 Å². The third-order valence-corrected chi connectivity index (χ3v) is 6.45. The molecule has 0 saturated carbocycles. The van der Waals surface area contributed by atoms with Gasteiger partial charge in [-0.3, -0.25) is 4.79 Å². The van der Waals surface area contributed by atoms with Gasteiger partial charge in [0.25, 0.3) is 0 Å². The second-order valence-electron chi connectivity index (χ2n) is 7.59. The molecule has 0 aromatic heterocycles. The van der Waals surface area contributed by atoms with Crippen molar-refractivity contribution in [3.63, 3.8) is 0 Å². The van der Waals surface area contributed by atoms with Crippen LogP contribution in [0.25, 0.3) is 0 Å². The van der Waals surface area contributed by atoms with Crippen molar-refractivity contribution in [2.45, 2.75) is 52.1 Å². The Morgan fingerprint density at radius 1 is 0.926 bits per heavy atom. The number of hydrogen-bond acceptors (Lipinski definition) is 3. The number of Topliss-reactive ketones (excluding diaryl/α,β-unsaturated/α-hetero) is 1. The van der Waals surface area contributed by atoms with Crippen LogP contribution in [0, 0.1) is 18.8 Å². The van der Waals surface area contributed by atoms with Crippen molar-refractivity contribution < 1.29 is 13.2 Å². The first-order valence-electron chi connectivity index (χ1n) is 9.30. The summed E-state index contributed by atoms with van der Waals surface area (Å²) in [5, 5.41) is 0. The summed E-state index contributed by atoms with van der Waals surface area (Å²) in [5.74, 6) is -0.440. The third kappa shape index (κ3) is 5.05. The normalized spacial score (nSPS) is 13.3. The summed E-state index contributed by atoms with van der Waals surface area (Å²) >= 11 is 0. The highest BCUT2D eigenvalue weighted by Crippen LogP contribution is 2.27. The van der Waals surface area contributed by atoms with Crippen molar-refractivity contribution >= 4 is 15.8 Å². The van der Waals surface area contributed by atoms with Gasteiger partial charge < -0.3 is 0 Å². The lowest BCUT2D eigenvalue weighted by Crippen LogP contribution is -2.48. The van der Waals surface area contributed by atoms with E-state index in [0.29, 0.717) is 0 Å². The smallest absolute Gasteiger partial charge is 0.244 e. The van der Waals surface area contributed by atoms with Gasteiger partial charge in [-0.25, -0.2) is 8.42 Å². The summed E-state index contributed by atoms with van der Waals surface area (Å²) in [4.78, 5) is 13.2. The van der Waals surface area contributed by atoms with E-state index in [1.807, 2.05) is 65.0 Å². The van der Waals surface area contributed by atoms with Crippen molar-refractivity contribution in [2.24, 2.45) is 11.8 Å². The number of hydrogen-bond donors (Lipinski definition) is 0. The molecule has 0 aliphatic carbocycles. The van der Waals surface area contributed by atoms with Gasteiger partial charge in [0.2, 0.25) is 10.0 Å². The molecule has 0 unspecified atom stereocenters. The molecule has 4 nitrogen and oxygen atoms in total. The van der Waals surface area contributed by atoms with E-state index in [-0.39, 0.29) is 29.1 Å². The molecule has 2 aromatic carbocycles. The van der Waals surface area contributed by atoms with Crippen LogP contribution in [0.5, 0.6) is 0 Å². The topological polar surface area (TPSA) is 54.5 Å². The van der Waals surface area contributed by atoms with Gasteiger partial charge in [-0.2, -0.15) is 4.31 Å². The highest BCUT2D eigenvalue weighted by molar-refractivity contribution is 7.89. The fraction of sp³-hybridized carbons (Fsp3) is 0.409. The Hall–Kier alpha value is -1.98. The number of carbonyl (C=O) groups is 1. The van der Waals surface area contributed by atoms with Crippen molar-refractivity contribution in [1.29, 1.82) is 0 Å². The number of benzene rings is 2. The second-order valence-corrected chi connectivity index (χ2v) is 9.49. The minimum Gasteiger partial charge on any atom is -0.298 e. The highest BCUT2D eigenvalue weighted by atomic mass is 32.2. The molecule has 0 bridgehead atoms. The highest BCUT2D eigenvalue weighted by Gasteiger charge is 2.38. The number of aryl methyl sites for hydroxylation is 1. The van der Waals surface area contributed by atoms with Crippen LogP contribution < -0.4 is 0 Å². The van der Waals surface area contributed by atoms with E-state index >= 15 is 0 Å². The largest absolute Gasteiger partial charge is 0.298 e. The first kappa shape index (κ1) is 21.3. The van der Waals surface area contributed by atoms with Crippen molar-refractivity contribution in [3.05, 3.63) is 65.7 Å². The van der Waals surface area contributed by atoms with Gasteiger partial charge in [0.1, 0.15) is 0 Å². The third-order valence-electron chi connectivity index (χ3n) is 4.61. The van der Waals surface area contributed by atoms with Crippen molar-refractivity contribution in [1.82, 2.24) is 4.31 Å². The molecule has 0 aliphatic heterocycles. The van der Waals surface area contributed by atoms with Crippen LogP contribution in [0.2, 0.25) is 0 Å². The molecule has 2 aromatic rings. The van der Waals surface area contributed by atoms with Crippen LogP contribution in [0.3, 0.4) is 0 Å². The minimum atomic E-state index is -3.83. The van der Waals surface area contributed by atoms with Crippen LogP contribution in [0.15, 0.2) is 59.5 Å². The average molecular weight is 388 g/mol. The Bertz CT molecular complexity index is 856. The van der Waals surface area contributed by atoms with Gasteiger partial charge in [-0.1, -0.05) is 75.7 Å². The molecule has 1 atom stereocenters. The van der Waals surface area contributed by atoms with Crippen molar-refractivity contribution in [2.75, 3.05) is 0 Å². The van der Waals surface area contributed by atoms with E-state index < -0.39 is 16.1 Å². The zero-order valence-corrected chi connectivity index (χ0v) is 17.5. The number of nitrogens with zero attached hydrogens (tertiary/aromatic N) is 1. The standard InChI is InChI=1S/C22H29NO3S/c1-16(2)21(22(24)17(3)4)23(15-19-9-7-6-8-10-19)27(25,26)20-13-11-18(5)12-14-20/h6-14,16-17,21H,15H2,1-5H3/t21-/m0/s1. The fourth-order valence-corrected chi connectivity index (χ4v) is 4.80. The first-order chi connectivity index (χ1) is 12.6. The second kappa shape index (κ2) is 8.81. The SMILES string of the molecule is Cc1ccc(S(=O)(=O)N(Cc2ccccc2)[C@H](C(=O)C(C)C)C(C)C)cc1. The van der Waals surface area contributed by atoms with E-state index in [9.17, 15) is 13.2 Å². The van der Waals surface area contributed by atoms with Gasteiger partial charge in [0, 0.05) is 12.5 Å². The van der Waals surface area contributed by atoms with E-state index in [1.165, 1.54) is 4.31 Å². The van der Waals surface area contributed by atoms with Crippen LogP contribution >= 0.6 is 0 Å². The number of ketones is 1. The molecule has 0 amide bonds. The summed E-state index contributed by atoms with van der Waals surface area (Å²) in [6.07, 6.45) is 0. The molecule has 0 fully saturated rings. The summed E-state index contributed by atoms with van der Waals surface area (Å²) < 4.78 is 28.4. The van der Waals surface area contributed by atoms with Crippen LogP contribution in [-0.4, -0.2) is 24.5 Å². The van der Waals surface area contributed by atoms with Gasteiger partial charge in [-0.15, -0.1) is 0 Å². The molecule has 0 aliphatic rings. The van der Waals surface area contributed by atoms with Crippen LogP contribution in [0.1, 0.15) is 38.8 Å². The first-order valence-corrected chi connectivity index (χ1v) is 10.7. The molecule has 146 valence electrons. The van der Waals surface area contributed by atoms with E-state index in [1.54, 1.807) is 24.3 Å². The maximum atomic E-state index is 13.5. The van der Waals surface area contributed by atoms with Crippen LogP contribution in [0.4, 0.5) is 0 Å². The maximum Gasteiger partial charge on any atom is 0.244 e. The zero-order chi connectivity index (χ0) is 20.2. The quantitative estimate of drug-likeness (QED) is 0.673. The van der Waals surface area contributed by atoms with Crippen molar-refractivity contribution in [3.8, 4) is 0 Å². The minimum absolute atomic E-state index is 0.0587. The van der Waals surface area contributed by atoms with Gasteiger partial charge in [0.05, 0.1) is 10.9 Å². The molecule has 0 heterocycles. The Morgan fingerprint density at radius 3 is 1.96 bits per heavy atom. The summed E-state index contributed by atoms with van der Waals surface area (Å²) in [7, 11) is -3.83. The molecule has 0 radical (unpaired) electrons. The molecule has 0 spiro atoms. The Labute approximate surface area is 163 Å². The molecular weight excluding hydrogens is 358 g/mol. The van der Waals surface area contributed by atoms with Gasteiger partial charge in [-0.05, 0) is 30.5 Å². The Kier molecular flexibility index (Phi) is 6.95. The summed E-state index contributed by atoms with van der Waals surface area (Å²) in [6, 6.07) is 15.5. The molecule has 0 saturated heterocycles. The molecular formula is C22H29NO3S. The van der Waals surface area contributed by atoms with Gasteiger partial charge >= 0.3 is 0 Å².